The summed E-state index contributed by atoms with van der Waals surface area (Å²) in [5, 5.41) is 3.27. The molecular formula is C15H23NO. The van der Waals surface area contributed by atoms with Crippen LogP contribution in [0, 0.1) is 6.92 Å². The normalized spacial score (nSPS) is 12.0. The van der Waals surface area contributed by atoms with Gasteiger partial charge in [-0.3, -0.25) is 0 Å². The van der Waals surface area contributed by atoms with E-state index in [0.717, 1.165) is 18.8 Å². The molecule has 17 heavy (non-hydrogen) atoms. The van der Waals surface area contributed by atoms with Gasteiger partial charge in [-0.1, -0.05) is 23.8 Å². The van der Waals surface area contributed by atoms with E-state index in [1.165, 1.54) is 11.1 Å². The number of hydrogen-bond donors (Lipinski definition) is 1. The molecule has 1 aromatic rings. The molecule has 0 fully saturated rings. The minimum absolute atomic E-state index is 0.393. The maximum Gasteiger partial charge on any atom is 0.119 e. The number of likely N-dealkylation sites (N-methyl/N-ethyl adjacent to an activating group) is 1. The Bertz CT molecular complexity index is 367. The Morgan fingerprint density at radius 2 is 2.18 bits per heavy atom. The molecule has 0 radical (unpaired) electrons. The van der Waals surface area contributed by atoms with E-state index in [2.05, 4.69) is 44.3 Å². The summed E-state index contributed by atoms with van der Waals surface area (Å²) in [6, 6.07) is 8.56. The molecule has 0 aliphatic rings. The first-order valence-corrected chi connectivity index (χ1v) is 6.13. The van der Waals surface area contributed by atoms with Crippen molar-refractivity contribution in [3.63, 3.8) is 0 Å². The third-order valence-corrected chi connectivity index (χ3v) is 2.59. The number of nitrogens with one attached hydrogen (secondary N) is 1. The Hall–Kier alpha value is -1.28. The molecule has 0 spiro atoms. The summed E-state index contributed by atoms with van der Waals surface area (Å²) in [7, 11) is 1.98. The van der Waals surface area contributed by atoms with Crippen molar-refractivity contribution in [1.82, 2.24) is 5.32 Å². The summed E-state index contributed by atoms with van der Waals surface area (Å²) < 4.78 is 5.73. The fraction of sp³-hybridized carbons (Fsp3) is 0.467. The van der Waals surface area contributed by atoms with Crippen LogP contribution in [-0.4, -0.2) is 19.7 Å². The van der Waals surface area contributed by atoms with Gasteiger partial charge in [0, 0.05) is 12.5 Å². The molecule has 0 aliphatic heterocycles. The van der Waals surface area contributed by atoms with Crippen molar-refractivity contribution in [2.75, 3.05) is 13.7 Å². The van der Waals surface area contributed by atoms with Crippen LogP contribution in [0.1, 0.15) is 25.8 Å². The van der Waals surface area contributed by atoms with Gasteiger partial charge in [-0.2, -0.15) is 0 Å². The van der Waals surface area contributed by atoms with E-state index in [-0.39, 0.29) is 0 Å². The molecule has 1 aromatic carbocycles. The van der Waals surface area contributed by atoms with Crippen LogP contribution in [-0.2, 0) is 0 Å². The molecule has 0 saturated heterocycles. The van der Waals surface area contributed by atoms with Crippen LogP contribution in [0.3, 0.4) is 0 Å². The van der Waals surface area contributed by atoms with Gasteiger partial charge in [0.05, 0.1) is 6.61 Å². The molecule has 1 rings (SSSR count). The Kier molecular flexibility index (Phi) is 5.78. The van der Waals surface area contributed by atoms with E-state index < -0.39 is 0 Å². The summed E-state index contributed by atoms with van der Waals surface area (Å²) in [6.45, 7) is 7.04. The second-order valence-corrected chi connectivity index (χ2v) is 4.59. The van der Waals surface area contributed by atoms with Crippen molar-refractivity contribution in [3.05, 3.63) is 41.5 Å². The van der Waals surface area contributed by atoms with E-state index in [1.54, 1.807) is 0 Å². The zero-order valence-electron chi connectivity index (χ0n) is 11.3. The van der Waals surface area contributed by atoms with Crippen molar-refractivity contribution in [2.24, 2.45) is 0 Å². The van der Waals surface area contributed by atoms with E-state index in [4.69, 9.17) is 4.74 Å². The molecule has 0 aromatic heterocycles. The SMILES string of the molecule is CNC(C=C(C)C)CCOc1cccc(C)c1. The molecule has 0 bridgehead atoms. The fourth-order valence-electron chi connectivity index (χ4n) is 1.72. The molecular weight excluding hydrogens is 210 g/mol. The monoisotopic (exact) mass is 233 g/mol. The highest BCUT2D eigenvalue weighted by molar-refractivity contribution is 5.27. The van der Waals surface area contributed by atoms with Gasteiger partial charge in [-0.25, -0.2) is 0 Å². The first-order valence-electron chi connectivity index (χ1n) is 6.13. The van der Waals surface area contributed by atoms with Crippen molar-refractivity contribution >= 4 is 0 Å². The number of allylic oxidation sites excluding steroid dienone is 1. The predicted molar refractivity (Wildman–Crippen MR) is 73.6 cm³/mol. The Morgan fingerprint density at radius 1 is 1.41 bits per heavy atom. The quantitative estimate of drug-likeness (QED) is 0.761. The third-order valence-electron chi connectivity index (χ3n) is 2.59. The molecule has 1 atom stereocenters. The van der Waals surface area contributed by atoms with Gasteiger partial charge in [-0.15, -0.1) is 0 Å². The van der Waals surface area contributed by atoms with Crippen LogP contribution in [0.4, 0.5) is 0 Å². The topological polar surface area (TPSA) is 21.3 Å². The largest absolute Gasteiger partial charge is 0.494 e. The molecule has 1 N–H and O–H groups in total. The summed E-state index contributed by atoms with van der Waals surface area (Å²) in [4.78, 5) is 0. The second-order valence-electron chi connectivity index (χ2n) is 4.59. The lowest BCUT2D eigenvalue weighted by atomic mass is 10.1. The van der Waals surface area contributed by atoms with E-state index >= 15 is 0 Å². The van der Waals surface area contributed by atoms with Crippen LogP contribution >= 0.6 is 0 Å². The number of benzene rings is 1. The molecule has 2 nitrogen and oxygen atoms in total. The molecule has 94 valence electrons. The summed E-state index contributed by atoms with van der Waals surface area (Å²) in [5.74, 6) is 0.956. The number of rotatable bonds is 6. The average Bonchev–Trinajstić information content (AvgIpc) is 2.27. The number of hydrogen-bond acceptors (Lipinski definition) is 2. The highest BCUT2D eigenvalue weighted by Crippen LogP contribution is 2.13. The minimum Gasteiger partial charge on any atom is -0.494 e. The first-order chi connectivity index (χ1) is 8.11. The van der Waals surface area contributed by atoms with Crippen LogP contribution < -0.4 is 10.1 Å². The van der Waals surface area contributed by atoms with E-state index in [0.29, 0.717) is 6.04 Å². The van der Waals surface area contributed by atoms with E-state index in [1.807, 2.05) is 19.2 Å². The maximum atomic E-state index is 5.73. The zero-order valence-corrected chi connectivity index (χ0v) is 11.3. The van der Waals surface area contributed by atoms with Gasteiger partial charge in [0.1, 0.15) is 5.75 Å². The lowest BCUT2D eigenvalue weighted by Gasteiger charge is -2.13. The predicted octanol–water partition coefficient (Wildman–Crippen LogP) is 3.32. The maximum absolute atomic E-state index is 5.73. The minimum atomic E-state index is 0.393. The first kappa shape index (κ1) is 13.8. The van der Waals surface area contributed by atoms with Crippen LogP contribution in [0.2, 0.25) is 0 Å². The summed E-state index contributed by atoms with van der Waals surface area (Å²) in [6.07, 6.45) is 3.22. The van der Waals surface area contributed by atoms with E-state index in [9.17, 15) is 0 Å². The van der Waals surface area contributed by atoms with Gasteiger partial charge in [0.25, 0.3) is 0 Å². The third kappa shape index (κ3) is 5.55. The smallest absolute Gasteiger partial charge is 0.119 e. The second kappa shape index (κ2) is 7.13. The van der Waals surface area contributed by atoms with Gasteiger partial charge in [-0.05, 0) is 45.5 Å². The standard InChI is InChI=1S/C15H23NO/c1-12(2)10-14(16-4)8-9-17-15-7-5-6-13(3)11-15/h5-7,10-11,14,16H,8-9H2,1-4H3. The summed E-state index contributed by atoms with van der Waals surface area (Å²) in [5.41, 5.74) is 2.57. The number of ether oxygens (including phenoxy) is 1. The highest BCUT2D eigenvalue weighted by Gasteiger charge is 2.02. The molecule has 1 unspecified atom stereocenters. The fourth-order valence-corrected chi connectivity index (χ4v) is 1.72. The van der Waals surface area contributed by atoms with Crippen LogP contribution in [0.5, 0.6) is 5.75 Å². The van der Waals surface area contributed by atoms with Crippen LogP contribution in [0.25, 0.3) is 0 Å². The lowest BCUT2D eigenvalue weighted by molar-refractivity contribution is 0.299. The molecule has 2 heteroatoms. The summed E-state index contributed by atoms with van der Waals surface area (Å²) >= 11 is 0. The average molecular weight is 233 g/mol. The lowest BCUT2D eigenvalue weighted by Crippen LogP contribution is -2.25. The highest BCUT2D eigenvalue weighted by atomic mass is 16.5. The molecule has 0 aliphatic carbocycles. The molecule has 0 saturated carbocycles. The molecule has 0 heterocycles. The Labute approximate surface area is 105 Å². The van der Waals surface area contributed by atoms with Gasteiger partial charge >= 0.3 is 0 Å². The van der Waals surface area contributed by atoms with Crippen molar-refractivity contribution < 1.29 is 4.74 Å². The van der Waals surface area contributed by atoms with Gasteiger partial charge in [0.15, 0.2) is 0 Å². The van der Waals surface area contributed by atoms with Crippen molar-refractivity contribution in [3.8, 4) is 5.75 Å². The number of aryl methyl sites for hydroxylation is 1. The van der Waals surface area contributed by atoms with Crippen LogP contribution in [0.15, 0.2) is 35.9 Å². The Balaban J connectivity index is 2.39. The van der Waals surface area contributed by atoms with Crippen molar-refractivity contribution in [1.29, 1.82) is 0 Å². The van der Waals surface area contributed by atoms with Crippen molar-refractivity contribution in [2.45, 2.75) is 33.2 Å². The molecule has 0 amide bonds. The van der Waals surface area contributed by atoms with Gasteiger partial charge in [0.2, 0.25) is 0 Å². The Morgan fingerprint density at radius 3 is 2.76 bits per heavy atom. The van der Waals surface area contributed by atoms with Gasteiger partial charge < -0.3 is 10.1 Å². The zero-order chi connectivity index (χ0) is 12.7.